The number of methoxy groups -OCH3 is 1. The number of esters is 1. The fraction of sp³-hybridized carbons (Fsp3) is 0.211. The highest BCUT2D eigenvalue weighted by molar-refractivity contribution is 8.15. The summed E-state index contributed by atoms with van der Waals surface area (Å²) in [4.78, 5) is 39.7. The summed E-state index contributed by atoms with van der Waals surface area (Å²) in [5.41, 5.74) is 1.27. The molecule has 6 nitrogen and oxygen atoms in total. The first-order chi connectivity index (χ1) is 13.0. The molecule has 2 aromatic carbocycles. The SMILES string of the molecule is COC(=O)CN(c1ccc(F)cc1)[C@@H]1SC(=O)N(Cc2ccccc2)C1=O. The molecule has 0 radical (unpaired) electrons. The number of benzene rings is 2. The van der Waals surface area contributed by atoms with Crippen LogP contribution in [0.5, 0.6) is 0 Å². The molecule has 0 unspecified atom stereocenters. The molecule has 2 amide bonds. The summed E-state index contributed by atoms with van der Waals surface area (Å²) >= 11 is 0.822. The summed E-state index contributed by atoms with van der Waals surface area (Å²) in [6, 6.07) is 14.5. The average molecular weight is 388 g/mol. The Hall–Kier alpha value is -2.87. The van der Waals surface area contributed by atoms with Gasteiger partial charge in [-0.25, -0.2) is 4.39 Å². The number of nitrogens with zero attached hydrogens (tertiary/aromatic N) is 2. The Labute approximate surface area is 159 Å². The molecule has 0 spiro atoms. The summed E-state index contributed by atoms with van der Waals surface area (Å²) in [6.45, 7) is -0.0878. The molecular formula is C19H17FN2O4S. The van der Waals surface area contributed by atoms with Gasteiger partial charge in [0, 0.05) is 5.69 Å². The number of thioether (sulfide) groups is 1. The van der Waals surface area contributed by atoms with Gasteiger partial charge in [-0.15, -0.1) is 0 Å². The lowest BCUT2D eigenvalue weighted by Crippen LogP contribution is -2.43. The van der Waals surface area contributed by atoms with E-state index >= 15 is 0 Å². The lowest BCUT2D eigenvalue weighted by molar-refractivity contribution is -0.139. The number of rotatable bonds is 6. The lowest BCUT2D eigenvalue weighted by atomic mass is 10.2. The molecule has 0 aliphatic carbocycles. The summed E-state index contributed by atoms with van der Waals surface area (Å²) in [7, 11) is 1.24. The molecule has 140 valence electrons. The third kappa shape index (κ3) is 4.28. The van der Waals surface area contributed by atoms with E-state index in [1.165, 1.54) is 36.3 Å². The highest BCUT2D eigenvalue weighted by atomic mass is 32.2. The molecule has 1 aliphatic rings. The van der Waals surface area contributed by atoms with Gasteiger partial charge in [0.2, 0.25) is 0 Å². The number of carbonyl (C=O) groups excluding carboxylic acids is 3. The average Bonchev–Trinajstić information content (AvgIpc) is 2.95. The zero-order valence-corrected chi connectivity index (χ0v) is 15.3. The van der Waals surface area contributed by atoms with Crippen LogP contribution in [0.3, 0.4) is 0 Å². The van der Waals surface area contributed by atoms with E-state index in [-0.39, 0.29) is 13.1 Å². The highest BCUT2D eigenvalue weighted by Crippen LogP contribution is 2.33. The molecular weight excluding hydrogens is 371 g/mol. The van der Waals surface area contributed by atoms with Crippen molar-refractivity contribution in [2.75, 3.05) is 18.6 Å². The second kappa shape index (κ2) is 8.22. The van der Waals surface area contributed by atoms with Gasteiger partial charge in [-0.1, -0.05) is 30.3 Å². The van der Waals surface area contributed by atoms with Crippen molar-refractivity contribution in [1.29, 1.82) is 0 Å². The molecule has 0 bridgehead atoms. The maximum atomic E-state index is 13.3. The maximum Gasteiger partial charge on any atom is 0.325 e. The first-order valence-corrected chi connectivity index (χ1v) is 9.02. The molecule has 1 saturated heterocycles. The van der Waals surface area contributed by atoms with Crippen LogP contribution in [0.15, 0.2) is 54.6 Å². The van der Waals surface area contributed by atoms with Crippen LogP contribution in [0.2, 0.25) is 0 Å². The molecule has 1 fully saturated rings. The summed E-state index contributed by atoms with van der Waals surface area (Å²) < 4.78 is 18.0. The Morgan fingerprint density at radius 2 is 1.81 bits per heavy atom. The van der Waals surface area contributed by atoms with Gasteiger partial charge >= 0.3 is 5.97 Å². The third-order valence-electron chi connectivity index (χ3n) is 4.06. The highest BCUT2D eigenvalue weighted by Gasteiger charge is 2.43. The van der Waals surface area contributed by atoms with Crippen LogP contribution in [-0.4, -0.2) is 41.0 Å². The van der Waals surface area contributed by atoms with Crippen LogP contribution >= 0.6 is 11.8 Å². The second-order valence-electron chi connectivity index (χ2n) is 5.83. The summed E-state index contributed by atoms with van der Waals surface area (Å²) in [5.74, 6) is -1.44. The molecule has 8 heteroatoms. The maximum absolute atomic E-state index is 13.3. The Kier molecular flexibility index (Phi) is 5.75. The molecule has 0 aromatic heterocycles. The van der Waals surface area contributed by atoms with Crippen molar-refractivity contribution in [3.05, 3.63) is 66.0 Å². The number of carbonyl (C=O) groups is 3. The molecule has 27 heavy (non-hydrogen) atoms. The normalized spacial score (nSPS) is 16.5. The molecule has 0 N–H and O–H groups in total. The number of halogens is 1. The van der Waals surface area contributed by atoms with Crippen LogP contribution in [-0.2, 0) is 20.9 Å². The van der Waals surface area contributed by atoms with E-state index in [4.69, 9.17) is 4.74 Å². The molecule has 3 rings (SSSR count). The van der Waals surface area contributed by atoms with Gasteiger partial charge in [-0.05, 0) is 41.6 Å². The Bertz CT molecular complexity index is 845. The Morgan fingerprint density at radius 1 is 1.15 bits per heavy atom. The minimum absolute atomic E-state index is 0.150. The minimum Gasteiger partial charge on any atom is -0.468 e. The molecule has 2 aromatic rings. The zero-order chi connectivity index (χ0) is 19.4. The first-order valence-electron chi connectivity index (χ1n) is 8.14. The van der Waals surface area contributed by atoms with Crippen molar-refractivity contribution < 1.29 is 23.5 Å². The van der Waals surface area contributed by atoms with E-state index in [2.05, 4.69) is 0 Å². The zero-order valence-electron chi connectivity index (χ0n) is 14.5. The molecule has 0 saturated carbocycles. The monoisotopic (exact) mass is 388 g/mol. The van der Waals surface area contributed by atoms with E-state index in [1.54, 1.807) is 0 Å². The Balaban J connectivity index is 1.85. The van der Waals surface area contributed by atoms with Crippen molar-refractivity contribution in [3.63, 3.8) is 0 Å². The number of ether oxygens (including phenoxy) is 1. The van der Waals surface area contributed by atoms with Gasteiger partial charge in [0.15, 0.2) is 5.37 Å². The smallest absolute Gasteiger partial charge is 0.325 e. The van der Waals surface area contributed by atoms with E-state index in [0.717, 1.165) is 22.2 Å². The molecule has 1 atom stereocenters. The van der Waals surface area contributed by atoms with Crippen LogP contribution in [0, 0.1) is 5.82 Å². The third-order valence-corrected chi connectivity index (χ3v) is 5.16. The number of hydrogen-bond donors (Lipinski definition) is 0. The van der Waals surface area contributed by atoms with Gasteiger partial charge in [-0.3, -0.25) is 19.3 Å². The standard InChI is InChI=1S/C19H17FN2O4S/c1-26-16(23)12-21(15-9-7-14(20)8-10-15)18-17(24)22(19(25)27-18)11-13-5-3-2-4-6-13/h2-10,18H,11-12H2,1H3/t18-/m1/s1. The van der Waals surface area contributed by atoms with Crippen LogP contribution in [0.4, 0.5) is 14.9 Å². The van der Waals surface area contributed by atoms with E-state index < -0.39 is 28.3 Å². The molecule has 1 heterocycles. The van der Waals surface area contributed by atoms with Crippen molar-refractivity contribution in [2.24, 2.45) is 0 Å². The van der Waals surface area contributed by atoms with E-state index in [9.17, 15) is 18.8 Å². The number of imide groups is 1. The van der Waals surface area contributed by atoms with E-state index in [1.807, 2.05) is 30.3 Å². The summed E-state index contributed by atoms with van der Waals surface area (Å²) in [6.07, 6.45) is 0. The Morgan fingerprint density at radius 3 is 2.44 bits per heavy atom. The van der Waals surface area contributed by atoms with Crippen LogP contribution < -0.4 is 4.90 Å². The van der Waals surface area contributed by atoms with Gasteiger partial charge < -0.3 is 9.64 Å². The quantitative estimate of drug-likeness (QED) is 0.709. The van der Waals surface area contributed by atoms with Gasteiger partial charge in [0.05, 0.1) is 13.7 Å². The fourth-order valence-corrected chi connectivity index (χ4v) is 3.71. The van der Waals surface area contributed by atoms with Gasteiger partial charge in [-0.2, -0.15) is 0 Å². The van der Waals surface area contributed by atoms with Crippen molar-refractivity contribution in [3.8, 4) is 0 Å². The van der Waals surface area contributed by atoms with Crippen LogP contribution in [0.25, 0.3) is 0 Å². The second-order valence-corrected chi connectivity index (χ2v) is 6.86. The number of anilines is 1. The van der Waals surface area contributed by atoms with E-state index in [0.29, 0.717) is 5.69 Å². The number of hydrogen-bond acceptors (Lipinski definition) is 6. The predicted molar refractivity (Wildman–Crippen MR) is 99.5 cm³/mol. The summed E-state index contributed by atoms with van der Waals surface area (Å²) in [5, 5.41) is -1.32. The van der Waals surface area contributed by atoms with Crippen LogP contribution in [0.1, 0.15) is 5.56 Å². The molecule has 1 aliphatic heterocycles. The minimum atomic E-state index is -0.925. The lowest BCUT2D eigenvalue weighted by Gasteiger charge is -2.27. The largest absolute Gasteiger partial charge is 0.468 e. The first kappa shape index (κ1) is 18.9. The van der Waals surface area contributed by atoms with Gasteiger partial charge in [0.25, 0.3) is 11.1 Å². The van der Waals surface area contributed by atoms with Crippen molar-refractivity contribution >= 4 is 34.6 Å². The number of amides is 2. The topological polar surface area (TPSA) is 66.9 Å². The van der Waals surface area contributed by atoms with Crippen molar-refractivity contribution in [2.45, 2.75) is 11.9 Å². The fourth-order valence-electron chi connectivity index (χ4n) is 2.68. The van der Waals surface area contributed by atoms with Crippen molar-refractivity contribution in [1.82, 2.24) is 4.90 Å². The van der Waals surface area contributed by atoms with Gasteiger partial charge in [0.1, 0.15) is 12.4 Å². The predicted octanol–water partition coefficient (Wildman–Crippen LogP) is 3.03.